The molecule has 0 fully saturated rings. The van der Waals surface area contributed by atoms with E-state index in [1.807, 2.05) is 0 Å². The van der Waals surface area contributed by atoms with Crippen molar-refractivity contribution in [3.05, 3.63) is 36.5 Å². The quantitative estimate of drug-likeness (QED) is 0.0261. The van der Waals surface area contributed by atoms with Crippen LogP contribution in [0.2, 0.25) is 0 Å². The Hall–Kier alpha value is -2.37. The van der Waals surface area contributed by atoms with Gasteiger partial charge in [-0.15, -0.1) is 0 Å². The van der Waals surface area contributed by atoms with Gasteiger partial charge in [-0.05, 0) is 77.0 Å². The molecule has 0 amide bonds. The Morgan fingerprint density at radius 3 is 0.707 bits per heavy atom. The van der Waals surface area contributed by atoms with Crippen molar-refractivity contribution in [3.63, 3.8) is 0 Å². The van der Waals surface area contributed by atoms with E-state index in [0.717, 1.165) is 77.0 Å². The SMILES string of the molecule is CCCCC/C=C\C/C=C\CCCCCCCCCC(=O)OC(COC(=O)CCCCCCC/C=C\CCCCC)COC(=O)CCCCCCCCCCCCCCCCCCCCCCCCCCCCCCCCCCCCC. The molecule has 0 aliphatic heterocycles. The van der Waals surface area contributed by atoms with Gasteiger partial charge in [-0.3, -0.25) is 14.4 Å². The third-order valence-electron chi connectivity index (χ3n) is 16.9. The number of rotatable bonds is 69. The molecule has 1 unspecified atom stereocenters. The number of hydrogen-bond donors (Lipinski definition) is 0. The average molecular weight is 1150 g/mol. The normalized spacial score (nSPS) is 12.2. The maximum absolute atomic E-state index is 12.9. The maximum Gasteiger partial charge on any atom is 0.306 e. The van der Waals surface area contributed by atoms with Crippen molar-refractivity contribution in [1.82, 2.24) is 0 Å². The van der Waals surface area contributed by atoms with E-state index in [0.29, 0.717) is 19.3 Å². The highest BCUT2D eigenvalue weighted by Gasteiger charge is 2.19. The van der Waals surface area contributed by atoms with Crippen LogP contribution in [0.15, 0.2) is 36.5 Å². The first-order valence-corrected chi connectivity index (χ1v) is 37.0. The van der Waals surface area contributed by atoms with Crippen molar-refractivity contribution in [2.24, 2.45) is 0 Å². The van der Waals surface area contributed by atoms with Gasteiger partial charge >= 0.3 is 17.9 Å². The minimum atomic E-state index is -0.778. The van der Waals surface area contributed by atoms with Crippen LogP contribution in [0, 0.1) is 0 Å². The van der Waals surface area contributed by atoms with E-state index in [4.69, 9.17) is 14.2 Å². The second-order valence-electron chi connectivity index (χ2n) is 25.2. The molecule has 0 saturated heterocycles. The average Bonchev–Trinajstić information content (AvgIpc) is 3.47. The van der Waals surface area contributed by atoms with Crippen molar-refractivity contribution in [3.8, 4) is 0 Å². The van der Waals surface area contributed by atoms with E-state index < -0.39 is 6.10 Å². The lowest BCUT2D eigenvalue weighted by Crippen LogP contribution is -2.30. The predicted octanol–water partition coefficient (Wildman–Crippen LogP) is 25.5. The van der Waals surface area contributed by atoms with Crippen LogP contribution in [-0.4, -0.2) is 37.2 Å². The molecule has 0 radical (unpaired) electrons. The first kappa shape index (κ1) is 79.6. The van der Waals surface area contributed by atoms with Gasteiger partial charge in [0.2, 0.25) is 0 Å². The summed E-state index contributed by atoms with van der Waals surface area (Å²) in [6, 6.07) is 0. The number of unbranched alkanes of at least 4 members (excludes halogenated alkanes) is 52. The Kier molecular flexibility index (Phi) is 69.1. The highest BCUT2D eigenvalue weighted by atomic mass is 16.6. The summed E-state index contributed by atoms with van der Waals surface area (Å²) in [5.74, 6) is -0.866. The van der Waals surface area contributed by atoms with Gasteiger partial charge in [0.05, 0.1) is 0 Å². The maximum atomic E-state index is 12.9. The first-order chi connectivity index (χ1) is 40.5. The van der Waals surface area contributed by atoms with Crippen LogP contribution < -0.4 is 0 Å². The molecule has 6 heteroatoms. The molecular weight excluding hydrogens is 1010 g/mol. The molecule has 1 atom stereocenters. The zero-order chi connectivity index (χ0) is 59.2. The molecule has 0 saturated carbocycles. The Morgan fingerprint density at radius 2 is 0.439 bits per heavy atom. The number of allylic oxidation sites excluding steroid dienone is 6. The van der Waals surface area contributed by atoms with Gasteiger partial charge in [0.15, 0.2) is 6.10 Å². The molecule has 0 heterocycles. The van der Waals surface area contributed by atoms with Crippen LogP contribution in [0.1, 0.15) is 412 Å². The summed E-state index contributed by atoms with van der Waals surface area (Å²) in [6.45, 7) is 6.64. The summed E-state index contributed by atoms with van der Waals surface area (Å²) in [6.07, 6.45) is 89.3. The van der Waals surface area contributed by atoms with Gasteiger partial charge < -0.3 is 14.2 Å². The van der Waals surface area contributed by atoms with Gasteiger partial charge in [0.1, 0.15) is 13.2 Å². The van der Waals surface area contributed by atoms with E-state index in [1.54, 1.807) is 0 Å². The van der Waals surface area contributed by atoms with Gasteiger partial charge in [-0.25, -0.2) is 0 Å². The van der Waals surface area contributed by atoms with Crippen LogP contribution in [-0.2, 0) is 28.6 Å². The summed E-state index contributed by atoms with van der Waals surface area (Å²) < 4.78 is 16.9. The van der Waals surface area contributed by atoms with E-state index in [-0.39, 0.29) is 31.1 Å². The van der Waals surface area contributed by atoms with E-state index in [2.05, 4.69) is 57.2 Å². The van der Waals surface area contributed by atoms with Crippen molar-refractivity contribution in [2.75, 3.05) is 13.2 Å². The van der Waals surface area contributed by atoms with Crippen LogP contribution in [0.5, 0.6) is 0 Å². The third kappa shape index (κ3) is 68.4. The Morgan fingerprint density at radius 1 is 0.244 bits per heavy atom. The van der Waals surface area contributed by atoms with E-state index in [1.165, 1.54) is 295 Å². The van der Waals surface area contributed by atoms with Crippen LogP contribution in [0.25, 0.3) is 0 Å². The molecule has 0 bridgehead atoms. The fraction of sp³-hybridized carbons (Fsp3) is 0.882. The van der Waals surface area contributed by atoms with E-state index in [9.17, 15) is 14.4 Å². The molecule has 82 heavy (non-hydrogen) atoms. The summed E-state index contributed by atoms with van der Waals surface area (Å²) in [4.78, 5) is 38.3. The van der Waals surface area contributed by atoms with Gasteiger partial charge in [-0.1, -0.05) is 353 Å². The summed E-state index contributed by atoms with van der Waals surface area (Å²) in [5.41, 5.74) is 0. The molecular formula is C76H142O6. The number of esters is 3. The first-order valence-electron chi connectivity index (χ1n) is 37.0. The lowest BCUT2D eigenvalue weighted by molar-refractivity contribution is -0.167. The Labute approximate surface area is 512 Å². The van der Waals surface area contributed by atoms with Gasteiger partial charge in [-0.2, -0.15) is 0 Å². The molecule has 0 aromatic heterocycles. The molecule has 482 valence electrons. The molecule has 0 aromatic carbocycles. The van der Waals surface area contributed by atoms with Crippen LogP contribution in [0.4, 0.5) is 0 Å². The molecule has 0 aliphatic rings. The lowest BCUT2D eigenvalue weighted by atomic mass is 10.0. The van der Waals surface area contributed by atoms with Crippen molar-refractivity contribution in [1.29, 1.82) is 0 Å². The van der Waals surface area contributed by atoms with Crippen molar-refractivity contribution in [2.45, 2.75) is 419 Å². The highest BCUT2D eigenvalue weighted by molar-refractivity contribution is 5.71. The molecule has 6 nitrogen and oxygen atoms in total. The zero-order valence-electron chi connectivity index (χ0n) is 55.5. The largest absolute Gasteiger partial charge is 0.462 e. The predicted molar refractivity (Wildman–Crippen MR) is 358 cm³/mol. The van der Waals surface area contributed by atoms with Gasteiger partial charge in [0, 0.05) is 19.3 Å². The van der Waals surface area contributed by atoms with Crippen LogP contribution >= 0.6 is 0 Å². The lowest BCUT2D eigenvalue weighted by Gasteiger charge is -2.18. The summed E-state index contributed by atoms with van der Waals surface area (Å²) in [7, 11) is 0. The standard InChI is InChI=1S/C76H142O6/c1-4-7-10-13-16-19-22-25-27-29-30-31-32-33-34-35-36-37-38-39-40-41-42-43-44-45-46-48-49-51-54-57-60-63-66-69-75(78)81-72-73(71-80-74(77)68-65-62-59-56-53-24-21-18-15-12-9-6-3)82-76(79)70-67-64-61-58-55-52-50-47-28-26-23-20-17-14-11-8-5-2/h17-18,20-21,26,28,73H,4-16,19,22-25,27,29-72H2,1-3H3/b20-17-,21-18-,28-26-. The molecule has 0 N–H and O–H groups in total. The van der Waals surface area contributed by atoms with E-state index >= 15 is 0 Å². The fourth-order valence-electron chi connectivity index (χ4n) is 11.3. The third-order valence-corrected chi connectivity index (χ3v) is 16.9. The Bertz CT molecular complexity index is 1370. The van der Waals surface area contributed by atoms with Crippen molar-refractivity contribution < 1.29 is 28.6 Å². The zero-order valence-corrected chi connectivity index (χ0v) is 55.5. The topological polar surface area (TPSA) is 78.9 Å². The fourth-order valence-corrected chi connectivity index (χ4v) is 11.3. The minimum Gasteiger partial charge on any atom is -0.462 e. The molecule has 0 spiro atoms. The molecule has 0 rings (SSSR count). The minimum absolute atomic E-state index is 0.0739. The second-order valence-corrected chi connectivity index (χ2v) is 25.2. The molecule has 0 aromatic rings. The summed E-state index contributed by atoms with van der Waals surface area (Å²) >= 11 is 0. The van der Waals surface area contributed by atoms with Crippen molar-refractivity contribution >= 4 is 17.9 Å². The summed E-state index contributed by atoms with van der Waals surface area (Å²) in [5, 5.41) is 0. The number of carbonyl (C=O) groups excluding carboxylic acids is 3. The van der Waals surface area contributed by atoms with Gasteiger partial charge in [0.25, 0.3) is 0 Å². The molecule has 0 aliphatic carbocycles. The second kappa shape index (κ2) is 71.1. The smallest absolute Gasteiger partial charge is 0.306 e. The number of ether oxygens (including phenoxy) is 3. The monoisotopic (exact) mass is 1150 g/mol. The number of carbonyl (C=O) groups is 3. The Balaban J connectivity index is 4.04. The highest BCUT2D eigenvalue weighted by Crippen LogP contribution is 2.19. The number of hydrogen-bond acceptors (Lipinski definition) is 6. The van der Waals surface area contributed by atoms with Crippen LogP contribution in [0.3, 0.4) is 0 Å².